The van der Waals surface area contributed by atoms with E-state index in [1.54, 1.807) is 0 Å². The lowest BCUT2D eigenvalue weighted by molar-refractivity contribution is -0.136. The lowest BCUT2D eigenvalue weighted by Gasteiger charge is -2.05. The molecule has 0 bridgehead atoms. The van der Waals surface area contributed by atoms with Gasteiger partial charge in [0, 0.05) is 0 Å². The van der Waals surface area contributed by atoms with Crippen LogP contribution in [0, 0.1) is 0 Å². The van der Waals surface area contributed by atoms with E-state index in [1.165, 1.54) is 12.1 Å². The maximum atomic E-state index is 12.4. The molecule has 1 N–H and O–H groups in total. The van der Waals surface area contributed by atoms with Crippen molar-refractivity contribution in [3.05, 3.63) is 34.3 Å². The Balaban J connectivity index is 2.83. The second-order valence-corrected chi connectivity index (χ2v) is 2.69. The van der Waals surface area contributed by atoms with Gasteiger partial charge >= 0.3 is 11.9 Å². The zero-order valence-electron chi connectivity index (χ0n) is 6.68. The van der Waals surface area contributed by atoms with Gasteiger partial charge in [0.2, 0.25) is 0 Å². The molecule has 1 aromatic heterocycles. The molecule has 0 saturated heterocycles. The molecule has 0 aliphatic carbocycles. The van der Waals surface area contributed by atoms with E-state index >= 15 is 0 Å². The number of oxazole rings is 1. The van der Waals surface area contributed by atoms with E-state index in [9.17, 15) is 18.0 Å². The summed E-state index contributed by atoms with van der Waals surface area (Å²) in [6.07, 6.45) is -4.49. The van der Waals surface area contributed by atoms with Gasteiger partial charge in [-0.1, -0.05) is 6.07 Å². The SMILES string of the molecule is O=c1[nH]c2c(C(F)(F)F)cccc2o1. The van der Waals surface area contributed by atoms with Crippen LogP contribution in [0.5, 0.6) is 0 Å². The highest BCUT2D eigenvalue weighted by Gasteiger charge is 2.33. The van der Waals surface area contributed by atoms with Crippen LogP contribution in [-0.4, -0.2) is 4.98 Å². The first kappa shape index (κ1) is 8.86. The van der Waals surface area contributed by atoms with Gasteiger partial charge in [-0.3, -0.25) is 4.98 Å². The molecule has 3 nitrogen and oxygen atoms in total. The molecule has 0 radical (unpaired) electrons. The number of fused-ring (bicyclic) bond motifs is 1. The normalized spacial score (nSPS) is 12.2. The van der Waals surface area contributed by atoms with Crippen LogP contribution in [-0.2, 0) is 6.18 Å². The molecule has 0 aliphatic rings. The third kappa shape index (κ3) is 1.28. The molecule has 2 rings (SSSR count). The summed E-state index contributed by atoms with van der Waals surface area (Å²) in [6, 6.07) is 3.36. The fraction of sp³-hybridized carbons (Fsp3) is 0.125. The number of alkyl halides is 3. The maximum absolute atomic E-state index is 12.4. The molecule has 1 heterocycles. The van der Waals surface area contributed by atoms with Crippen molar-refractivity contribution in [2.45, 2.75) is 6.18 Å². The summed E-state index contributed by atoms with van der Waals surface area (Å²) in [7, 11) is 0. The summed E-state index contributed by atoms with van der Waals surface area (Å²) in [5.74, 6) is -0.892. The van der Waals surface area contributed by atoms with E-state index in [4.69, 9.17) is 0 Å². The van der Waals surface area contributed by atoms with E-state index in [-0.39, 0.29) is 11.1 Å². The summed E-state index contributed by atoms with van der Waals surface area (Å²) in [6.45, 7) is 0. The minimum Gasteiger partial charge on any atom is -0.408 e. The van der Waals surface area contributed by atoms with Crippen LogP contribution in [0.15, 0.2) is 27.4 Å². The van der Waals surface area contributed by atoms with Crippen molar-refractivity contribution in [2.75, 3.05) is 0 Å². The highest BCUT2D eigenvalue weighted by molar-refractivity contribution is 5.76. The minimum absolute atomic E-state index is 0.0928. The smallest absolute Gasteiger partial charge is 0.408 e. The third-order valence-electron chi connectivity index (χ3n) is 1.76. The molecule has 6 heteroatoms. The number of benzene rings is 1. The molecule has 14 heavy (non-hydrogen) atoms. The van der Waals surface area contributed by atoms with Gasteiger partial charge in [-0.05, 0) is 12.1 Å². The monoisotopic (exact) mass is 203 g/mol. The lowest BCUT2D eigenvalue weighted by atomic mass is 10.2. The standard InChI is InChI=1S/C8H4F3NO2/c9-8(10,11)4-2-1-3-5-6(4)12-7(13)14-5/h1-3H,(H,12,13). The lowest BCUT2D eigenvalue weighted by Crippen LogP contribution is -2.06. The molecule has 74 valence electrons. The largest absolute Gasteiger partial charge is 0.418 e. The number of nitrogens with one attached hydrogen (secondary N) is 1. The quantitative estimate of drug-likeness (QED) is 0.712. The van der Waals surface area contributed by atoms with Gasteiger partial charge in [0.05, 0.1) is 11.1 Å². The first-order valence-electron chi connectivity index (χ1n) is 3.67. The van der Waals surface area contributed by atoms with Gasteiger partial charge in [0.25, 0.3) is 0 Å². The molecule has 0 unspecified atom stereocenters. The Morgan fingerprint density at radius 1 is 1.29 bits per heavy atom. The van der Waals surface area contributed by atoms with Crippen molar-refractivity contribution < 1.29 is 17.6 Å². The number of para-hydroxylation sites is 1. The average molecular weight is 203 g/mol. The van der Waals surface area contributed by atoms with Gasteiger partial charge in [0.1, 0.15) is 0 Å². The second kappa shape index (κ2) is 2.63. The van der Waals surface area contributed by atoms with E-state index in [2.05, 4.69) is 4.42 Å². The predicted molar refractivity (Wildman–Crippen MR) is 41.8 cm³/mol. The summed E-state index contributed by atoms with van der Waals surface area (Å²) in [5, 5.41) is 0. The topological polar surface area (TPSA) is 46.0 Å². The summed E-state index contributed by atoms with van der Waals surface area (Å²) in [5.41, 5.74) is -1.31. The zero-order chi connectivity index (χ0) is 10.3. The number of aromatic nitrogens is 1. The van der Waals surface area contributed by atoms with Crippen molar-refractivity contribution in [3.8, 4) is 0 Å². The molecule has 1 aromatic carbocycles. The van der Waals surface area contributed by atoms with Crippen molar-refractivity contribution in [1.82, 2.24) is 4.98 Å². The maximum Gasteiger partial charge on any atom is 0.418 e. The predicted octanol–water partition coefficient (Wildman–Crippen LogP) is 2.14. The van der Waals surface area contributed by atoms with Crippen LogP contribution in [0.25, 0.3) is 11.1 Å². The molecule has 0 atom stereocenters. The van der Waals surface area contributed by atoms with E-state index in [0.717, 1.165) is 6.07 Å². The third-order valence-corrected chi connectivity index (χ3v) is 1.76. The number of rotatable bonds is 0. The number of aromatic amines is 1. The molecular weight excluding hydrogens is 199 g/mol. The summed E-state index contributed by atoms with van der Waals surface area (Å²) >= 11 is 0. The second-order valence-electron chi connectivity index (χ2n) is 2.69. The molecular formula is C8H4F3NO2. The Morgan fingerprint density at radius 3 is 2.64 bits per heavy atom. The van der Waals surface area contributed by atoms with Crippen LogP contribution < -0.4 is 5.76 Å². The van der Waals surface area contributed by atoms with Gasteiger partial charge in [-0.2, -0.15) is 13.2 Å². The molecule has 2 aromatic rings. The van der Waals surface area contributed by atoms with E-state index in [0.29, 0.717) is 0 Å². The van der Waals surface area contributed by atoms with Crippen LogP contribution >= 0.6 is 0 Å². The van der Waals surface area contributed by atoms with E-state index < -0.39 is 17.5 Å². The first-order valence-corrected chi connectivity index (χ1v) is 3.67. The molecule has 0 spiro atoms. The summed E-state index contributed by atoms with van der Waals surface area (Å²) < 4.78 is 41.6. The van der Waals surface area contributed by atoms with Gasteiger partial charge < -0.3 is 4.42 Å². The molecule has 0 fully saturated rings. The highest BCUT2D eigenvalue weighted by atomic mass is 19.4. The number of H-pyrrole nitrogens is 1. The number of hydrogen-bond acceptors (Lipinski definition) is 2. The number of halogens is 3. The Kier molecular flexibility index (Phi) is 1.67. The van der Waals surface area contributed by atoms with Crippen LogP contribution in [0.2, 0.25) is 0 Å². The fourth-order valence-corrected chi connectivity index (χ4v) is 1.21. The first-order chi connectivity index (χ1) is 6.48. The van der Waals surface area contributed by atoms with Crippen LogP contribution in [0.3, 0.4) is 0 Å². The number of hydrogen-bond donors (Lipinski definition) is 1. The Morgan fingerprint density at radius 2 is 2.00 bits per heavy atom. The van der Waals surface area contributed by atoms with Gasteiger partial charge in [-0.15, -0.1) is 0 Å². The zero-order valence-corrected chi connectivity index (χ0v) is 6.68. The Labute approximate surface area is 75.2 Å². The van der Waals surface area contributed by atoms with Crippen molar-refractivity contribution in [1.29, 1.82) is 0 Å². The summed E-state index contributed by atoms with van der Waals surface area (Å²) in [4.78, 5) is 12.7. The average Bonchev–Trinajstić information content (AvgIpc) is 2.41. The van der Waals surface area contributed by atoms with Crippen molar-refractivity contribution >= 4 is 11.1 Å². The fourth-order valence-electron chi connectivity index (χ4n) is 1.21. The van der Waals surface area contributed by atoms with Crippen LogP contribution in [0.4, 0.5) is 13.2 Å². The van der Waals surface area contributed by atoms with Gasteiger partial charge in [0.15, 0.2) is 5.58 Å². The Bertz CT molecular complexity index is 523. The van der Waals surface area contributed by atoms with Gasteiger partial charge in [-0.25, -0.2) is 4.79 Å². The molecule has 0 aliphatic heterocycles. The van der Waals surface area contributed by atoms with E-state index in [1.807, 2.05) is 4.98 Å². The highest BCUT2D eigenvalue weighted by Crippen LogP contribution is 2.33. The van der Waals surface area contributed by atoms with Crippen LogP contribution in [0.1, 0.15) is 5.56 Å². The Hall–Kier alpha value is -1.72. The minimum atomic E-state index is -4.49. The van der Waals surface area contributed by atoms with Crippen molar-refractivity contribution in [2.24, 2.45) is 0 Å². The molecule has 0 amide bonds. The molecule has 0 saturated carbocycles. The van der Waals surface area contributed by atoms with Crippen molar-refractivity contribution in [3.63, 3.8) is 0 Å².